The Morgan fingerprint density at radius 2 is 2.19 bits per heavy atom. The van der Waals surface area contributed by atoms with E-state index in [9.17, 15) is 4.79 Å². The molecule has 4 heteroatoms. The van der Waals surface area contributed by atoms with Gasteiger partial charge >= 0.3 is 0 Å². The van der Waals surface area contributed by atoms with Gasteiger partial charge in [0, 0.05) is 23.6 Å². The molecule has 1 heterocycles. The second-order valence-corrected chi connectivity index (χ2v) is 6.05. The Hall–Kier alpha value is -1.81. The molecule has 0 aliphatic heterocycles. The summed E-state index contributed by atoms with van der Waals surface area (Å²) in [5, 5.41) is 4.10. The number of fused-ring (bicyclic) bond motifs is 1. The molecule has 3 rings (SSSR count). The van der Waals surface area contributed by atoms with Gasteiger partial charge < -0.3 is 16.0 Å². The van der Waals surface area contributed by atoms with Crippen molar-refractivity contribution in [2.45, 2.75) is 38.1 Å². The normalized spacial score (nSPS) is 16.0. The van der Waals surface area contributed by atoms with Gasteiger partial charge in [-0.25, -0.2) is 0 Å². The van der Waals surface area contributed by atoms with Crippen LogP contribution in [-0.4, -0.2) is 23.5 Å². The molecule has 1 aromatic carbocycles. The fourth-order valence-electron chi connectivity index (χ4n) is 2.77. The van der Waals surface area contributed by atoms with Crippen LogP contribution in [0.4, 0.5) is 0 Å². The number of carbonyl (C=O) groups is 1. The van der Waals surface area contributed by atoms with Crippen LogP contribution >= 0.6 is 0 Å². The molecule has 4 nitrogen and oxygen atoms in total. The Labute approximate surface area is 125 Å². The van der Waals surface area contributed by atoms with E-state index in [1.807, 2.05) is 24.4 Å². The molecule has 1 aromatic heterocycles. The van der Waals surface area contributed by atoms with E-state index in [0.29, 0.717) is 6.42 Å². The Kier molecular flexibility index (Phi) is 4.25. The molecule has 0 saturated heterocycles. The molecule has 21 heavy (non-hydrogen) atoms. The lowest BCUT2D eigenvalue weighted by Gasteiger charge is -2.11. The summed E-state index contributed by atoms with van der Waals surface area (Å²) in [5.41, 5.74) is 8.22. The lowest BCUT2D eigenvalue weighted by atomic mass is 10.1. The number of benzene rings is 1. The van der Waals surface area contributed by atoms with E-state index in [-0.39, 0.29) is 5.91 Å². The van der Waals surface area contributed by atoms with Gasteiger partial charge in [0.1, 0.15) is 0 Å². The van der Waals surface area contributed by atoms with E-state index in [4.69, 9.17) is 5.73 Å². The van der Waals surface area contributed by atoms with Crippen LogP contribution < -0.4 is 11.1 Å². The molecule has 1 fully saturated rings. The lowest BCUT2D eigenvalue weighted by molar-refractivity contribution is -0.122. The van der Waals surface area contributed by atoms with Gasteiger partial charge in [-0.05, 0) is 36.8 Å². The van der Waals surface area contributed by atoms with Crippen molar-refractivity contribution >= 4 is 16.8 Å². The van der Waals surface area contributed by atoms with Gasteiger partial charge in [0.05, 0.1) is 6.04 Å². The molecule has 1 aliphatic carbocycles. The van der Waals surface area contributed by atoms with Crippen LogP contribution in [0.25, 0.3) is 10.9 Å². The Balaban J connectivity index is 1.50. The maximum atomic E-state index is 12.0. The third kappa shape index (κ3) is 3.64. The fourth-order valence-corrected chi connectivity index (χ4v) is 2.77. The highest BCUT2D eigenvalue weighted by molar-refractivity contribution is 5.86. The number of para-hydroxylation sites is 1. The van der Waals surface area contributed by atoms with Crippen molar-refractivity contribution < 1.29 is 4.79 Å². The molecule has 1 aliphatic rings. The molecule has 1 atom stereocenters. The number of hydrogen-bond donors (Lipinski definition) is 3. The molecule has 0 radical (unpaired) electrons. The highest BCUT2D eigenvalue weighted by Gasteiger charge is 2.20. The summed E-state index contributed by atoms with van der Waals surface area (Å²) in [6.07, 6.45) is 7.56. The van der Waals surface area contributed by atoms with Crippen LogP contribution in [0.2, 0.25) is 0 Å². The van der Waals surface area contributed by atoms with Gasteiger partial charge in [-0.2, -0.15) is 0 Å². The number of amides is 1. The SMILES string of the molecule is N[C@@H](Cc1c[nH]c2ccccc12)C(=O)NCCCC1CC1. The standard InChI is InChI=1S/C17H23N3O/c18-15(17(21)19-9-3-4-12-7-8-12)10-13-11-20-16-6-2-1-5-14(13)16/h1-2,5-6,11-12,15,20H,3-4,7-10,18H2,(H,19,21)/t15-/m0/s1. The lowest BCUT2D eigenvalue weighted by Crippen LogP contribution is -2.42. The van der Waals surface area contributed by atoms with Crippen LogP contribution in [0, 0.1) is 5.92 Å². The van der Waals surface area contributed by atoms with Gasteiger partial charge in [-0.3, -0.25) is 4.79 Å². The third-order valence-electron chi connectivity index (χ3n) is 4.24. The Bertz CT molecular complexity index is 615. The van der Waals surface area contributed by atoms with Crippen molar-refractivity contribution in [3.8, 4) is 0 Å². The molecule has 1 saturated carbocycles. The molecule has 4 N–H and O–H groups in total. The molecule has 0 bridgehead atoms. The van der Waals surface area contributed by atoms with E-state index >= 15 is 0 Å². The highest BCUT2D eigenvalue weighted by atomic mass is 16.2. The van der Waals surface area contributed by atoms with Gasteiger partial charge in [-0.15, -0.1) is 0 Å². The van der Waals surface area contributed by atoms with Crippen molar-refractivity contribution in [2.75, 3.05) is 6.54 Å². The summed E-state index contributed by atoms with van der Waals surface area (Å²) in [4.78, 5) is 15.2. The number of rotatable bonds is 7. The Morgan fingerprint density at radius 1 is 1.38 bits per heavy atom. The number of carbonyl (C=O) groups excluding carboxylic acids is 1. The predicted octanol–water partition coefficient (Wildman–Crippen LogP) is 2.34. The van der Waals surface area contributed by atoms with Crippen LogP contribution in [0.1, 0.15) is 31.2 Å². The van der Waals surface area contributed by atoms with Gasteiger partial charge in [0.25, 0.3) is 0 Å². The smallest absolute Gasteiger partial charge is 0.237 e. The number of hydrogen-bond acceptors (Lipinski definition) is 2. The molecular formula is C17H23N3O. The van der Waals surface area contributed by atoms with E-state index in [1.54, 1.807) is 0 Å². The summed E-state index contributed by atoms with van der Waals surface area (Å²) in [5.74, 6) is 0.873. The number of H-pyrrole nitrogens is 1. The summed E-state index contributed by atoms with van der Waals surface area (Å²) in [6.45, 7) is 0.747. The second-order valence-electron chi connectivity index (χ2n) is 6.05. The van der Waals surface area contributed by atoms with Gasteiger partial charge in [0.2, 0.25) is 5.91 Å². The van der Waals surface area contributed by atoms with Crippen LogP contribution in [0.15, 0.2) is 30.5 Å². The zero-order valence-electron chi connectivity index (χ0n) is 12.3. The van der Waals surface area contributed by atoms with Gasteiger partial charge in [0.15, 0.2) is 0 Å². The number of aromatic nitrogens is 1. The van der Waals surface area contributed by atoms with Crippen molar-refractivity contribution in [1.29, 1.82) is 0 Å². The zero-order chi connectivity index (χ0) is 14.7. The number of aromatic amines is 1. The first-order chi connectivity index (χ1) is 10.2. The van der Waals surface area contributed by atoms with E-state index in [0.717, 1.165) is 35.3 Å². The second kappa shape index (κ2) is 6.31. The van der Waals surface area contributed by atoms with Crippen LogP contribution in [0.5, 0.6) is 0 Å². The number of nitrogens with two attached hydrogens (primary N) is 1. The average Bonchev–Trinajstić information content (AvgIpc) is 3.24. The molecule has 0 unspecified atom stereocenters. The van der Waals surface area contributed by atoms with E-state index < -0.39 is 6.04 Å². The minimum atomic E-state index is -0.481. The van der Waals surface area contributed by atoms with Crippen molar-refractivity contribution in [3.63, 3.8) is 0 Å². The summed E-state index contributed by atoms with van der Waals surface area (Å²) in [6, 6.07) is 7.60. The Morgan fingerprint density at radius 3 is 3.00 bits per heavy atom. The topological polar surface area (TPSA) is 70.9 Å². The predicted molar refractivity (Wildman–Crippen MR) is 84.9 cm³/mol. The molecule has 1 amide bonds. The van der Waals surface area contributed by atoms with Crippen LogP contribution in [0.3, 0.4) is 0 Å². The van der Waals surface area contributed by atoms with Crippen molar-refractivity contribution in [2.24, 2.45) is 11.7 Å². The zero-order valence-corrected chi connectivity index (χ0v) is 12.3. The van der Waals surface area contributed by atoms with E-state index in [2.05, 4.69) is 16.4 Å². The molecule has 112 valence electrons. The quantitative estimate of drug-likeness (QED) is 0.683. The first-order valence-corrected chi connectivity index (χ1v) is 7.82. The highest BCUT2D eigenvalue weighted by Crippen LogP contribution is 2.33. The summed E-state index contributed by atoms with van der Waals surface area (Å²) in [7, 11) is 0. The molecular weight excluding hydrogens is 262 g/mol. The summed E-state index contributed by atoms with van der Waals surface area (Å²) >= 11 is 0. The third-order valence-corrected chi connectivity index (χ3v) is 4.24. The average molecular weight is 285 g/mol. The summed E-state index contributed by atoms with van der Waals surface area (Å²) < 4.78 is 0. The number of nitrogens with one attached hydrogen (secondary N) is 2. The van der Waals surface area contributed by atoms with Crippen LogP contribution in [-0.2, 0) is 11.2 Å². The van der Waals surface area contributed by atoms with Crippen molar-refractivity contribution in [3.05, 3.63) is 36.0 Å². The first kappa shape index (κ1) is 14.1. The maximum absolute atomic E-state index is 12.0. The minimum Gasteiger partial charge on any atom is -0.361 e. The molecule has 2 aromatic rings. The monoisotopic (exact) mass is 285 g/mol. The molecule has 0 spiro atoms. The first-order valence-electron chi connectivity index (χ1n) is 7.82. The van der Waals surface area contributed by atoms with Gasteiger partial charge in [-0.1, -0.05) is 31.0 Å². The maximum Gasteiger partial charge on any atom is 0.237 e. The largest absolute Gasteiger partial charge is 0.361 e. The van der Waals surface area contributed by atoms with Crippen molar-refractivity contribution in [1.82, 2.24) is 10.3 Å². The minimum absolute atomic E-state index is 0.0453. The fraction of sp³-hybridized carbons (Fsp3) is 0.471. The van der Waals surface area contributed by atoms with E-state index in [1.165, 1.54) is 19.3 Å².